The van der Waals surface area contributed by atoms with Gasteiger partial charge in [-0.1, -0.05) is 43.7 Å². The summed E-state index contributed by atoms with van der Waals surface area (Å²) >= 11 is 0. The molecule has 0 N–H and O–H groups in total. The van der Waals surface area contributed by atoms with Crippen LogP contribution in [0.25, 0.3) is 39.6 Å². The first-order chi connectivity index (χ1) is 21.9. The van der Waals surface area contributed by atoms with Crippen molar-refractivity contribution in [2.24, 2.45) is 0 Å². The number of hydrogen-bond acceptors (Lipinski definition) is 2. The van der Waals surface area contributed by atoms with E-state index in [1.807, 2.05) is 19.1 Å². The Morgan fingerprint density at radius 1 is 0.652 bits per heavy atom. The van der Waals surface area contributed by atoms with Crippen LogP contribution < -0.4 is 4.74 Å². The van der Waals surface area contributed by atoms with Gasteiger partial charge in [0, 0.05) is 29.0 Å². The van der Waals surface area contributed by atoms with Crippen molar-refractivity contribution in [2.45, 2.75) is 25.9 Å². The third-order valence-corrected chi connectivity index (χ3v) is 6.94. The molecule has 236 valence electrons. The molecule has 0 spiro atoms. The zero-order valence-corrected chi connectivity index (χ0v) is 23.8. The molecule has 5 rings (SSSR count). The fourth-order valence-electron chi connectivity index (χ4n) is 4.68. The molecule has 0 fully saturated rings. The first kappa shape index (κ1) is 32.3. The van der Waals surface area contributed by atoms with Gasteiger partial charge in [-0.05, 0) is 71.6 Å². The normalized spacial score (nSPS) is 11.8. The van der Waals surface area contributed by atoms with Gasteiger partial charge in [-0.2, -0.15) is 8.78 Å². The summed E-state index contributed by atoms with van der Waals surface area (Å²) in [6, 6.07) is 11.2. The lowest BCUT2D eigenvalue weighted by atomic mass is 9.99. The number of halogens is 9. The van der Waals surface area contributed by atoms with Gasteiger partial charge >= 0.3 is 6.11 Å². The van der Waals surface area contributed by atoms with Crippen molar-refractivity contribution in [3.05, 3.63) is 137 Å². The van der Waals surface area contributed by atoms with E-state index in [-0.39, 0.29) is 11.1 Å². The molecule has 2 nitrogen and oxygen atoms in total. The molecular weight excluding hydrogens is 621 g/mol. The number of allylic oxidation sites excluding steroid dienone is 1. The van der Waals surface area contributed by atoms with Crippen molar-refractivity contribution in [1.29, 1.82) is 0 Å². The van der Waals surface area contributed by atoms with Crippen molar-refractivity contribution in [3.63, 3.8) is 0 Å². The molecule has 0 aliphatic rings. The summed E-state index contributed by atoms with van der Waals surface area (Å²) in [5.41, 5.74) is -1.75. The van der Waals surface area contributed by atoms with Crippen LogP contribution >= 0.6 is 0 Å². The molecule has 46 heavy (non-hydrogen) atoms. The number of rotatable bonds is 9. The summed E-state index contributed by atoms with van der Waals surface area (Å²) in [5.74, 6) is -11.6. The Morgan fingerprint density at radius 2 is 1.22 bits per heavy atom. The van der Waals surface area contributed by atoms with Crippen molar-refractivity contribution < 1.29 is 44.3 Å². The summed E-state index contributed by atoms with van der Waals surface area (Å²) in [6.45, 7) is 2.05. The Bertz CT molecular complexity index is 1890. The van der Waals surface area contributed by atoms with Gasteiger partial charge in [-0.25, -0.2) is 30.7 Å². The van der Waals surface area contributed by atoms with Gasteiger partial charge in [0.2, 0.25) is 0 Å². The van der Waals surface area contributed by atoms with Gasteiger partial charge in [-0.3, -0.25) is 4.98 Å². The Morgan fingerprint density at radius 3 is 1.76 bits per heavy atom. The first-order valence-electron chi connectivity index (χ1n) is 13.8. The third-order valence-electron chi connectivity index (χ3n) is 6.94. The smallest absolute Gasteiger partial charge is 0.429 e. The number of ether oxygens (including phenoxy) is 1. The summed E-state index contributed by atoms with van der Waals surface area (Å²) < 4.78 is 134. The number of alkyl halides is 2. The average molecular weight is 644 g/mol. The second-order valence-electron chi connectivity index (χ2n) is 10.2. The van der Waals surface area contributed by atoms with Crippen LogP contribution in [-0.2, 0) is 6.11 Å². The lowest BCUT2D eigenvalue weighted by molar-refractivity contribution is -0.189. The minimum Gasteiger partial charge on any atom is -0.429 e. The molecule has 1 heterocycles. The van der Waals surface area contributed by atoms with Crippen molar-refractivity contribution in [2.75, 3.05) is 0 Å². The molecule has 0 unspecified atom stereocenters. The SMILES string of the molecule is CCC/C=C/c1ccc(-c2ccc(-c3cc(F)c(C(F)(F)Oc4ccc(-c5cc(F)c(F)c(F)c5)c(F)c4)c(F)c3)c(F)c2)nc1. The number of aromatic nitrogens is 1. The molecule has 0 saturated carbocycles. The van der Waals surface area contributed by atoms with E-state index in [2.05, 4.69) is 9.72 Å². The van der Waals surface area contributed by atoms with Crippen molar-refractivity contribution in [3.8, 4) is 39.3 Å². The Kier molecular flexibility index (Phi) is 9.22. The highest BCUT2D eigenvalue weighted by atomic mass is 19.3. The van der Waals surface area contributed by atoms with Crippen LogP contribution in [0.15, 0.2) is 85.1 Å². The lowest BCUT2D eigenvalue weighted by Crippen LogP contribution is -2.25. The topological polar surface area (TPSA) is 22.1 Å². The molecule has 5 aromatic rings. The third kappa shape index (κ3) is 6.78. The van der Waals surface area contributed by atoms with E-state index < -0.39 is 69.3 Å². The molecule has 0 saturated heterocycles. The summed E-state index contributed by atoms with van der Waals surface area (Å²) in [5, 5.41) is 0. The quantitative estimate of drug-likeness (QED) is 0.118. The zero-order chi connectivity index (χ0) is 33.2. The van der Waals surface area contributed by atoms with Crippen LogP contribution in [-0.4, -0.2) is 4.98 Å². The van der Waals surface area contributed by atoms with Crippen LogP contribution in [0, 0.1) is 40.7 Å². The average Bonchev–Trinajstić information content (AvgIpc) is 2.99. The Hall–Kier alpha value is -5.06. The van der Waals surface area contributed by atoms with Gasteiger partial charge in [0.1, 0.15) is 34.6 Å². The maximum Gasteiger partial charge on any atom is 0.432 e. The molecule has 0 bridgehead atoms. The number of pyridine rings is 1. The van der Waals surface area contributed by atoms with Gasteiger partial charge < -0.3 is 4.74 Å². The van der Waals surface area contributed by atoms with Gasteiger partial charge in [0.25, 0.3) is 0 Å². The predicted molar refractivity (Wildman–Crippen MR) is 155 cm³/mol. The molecule has 1 aromatic heterocycles. The van der Waals surface area contributed by atoms with E-state index in [0.29, 0.717) is 41.6 Å². The summed E-state index contributed by atoms with van der Waals surface area (Å²) in [4.78, 5) is 4.31. The number of nitrogens with zero attached hydrogens (tertiary/aromatic N) is 1. The van der Waals surface area contributed by atoms with Crippen LogP contribution in [0.5, 0.6) is 5.75 Å². The first-order valence-corrected chi connectivity index (χ1v) is 13.8. The van der Waals surface area contributed by atoms with Crippen LogP contribution in [0.4, 0.5) is 39.5 Å². The fourth-order valence-corrected chi connectivity index (χ4v) is 4.68. The van der Waals surface area contributed by atoms with E-state index in [4.69, 9.17) is 0 Å². The number of unbranched alkanes of at least 4 members (excludes halogenated alkanes) is 1. The minimum atomic E-state index is -4.68. The predicted octanol–water partition coefficient (Wildman–Crippen LogP) is 11.0. The van der Waals surface area contributed by atoms with Crippen LogP contribution in [0.2, 0.25) is 0 Å². The lowest BCUT2D eigenvalue weighted by Gasteiger charge is -2.20. The van der Waals surface area contributed by atoms with E-state index in [1.165, 1.54) is 12.1 Å². The van der Waals surface area contributed by atoms with Crippen LogP contribution in [0.3, 0.4) is 0 Å². The minimum absolute atomic E-state index is 0.275. The Labute approximate surface area is 257 Å². The Balaban J connectivity index is 1.37. The van der Waals surface area contributed by atoms with E-state index in [1.54, 1.807) is 18.3 Å². The zero-order valence-electron chi connectivity index (χ0n) is 23.8. The molecule has 0 aliphatic carbocycles. The van der Waals surface area contributed by atoms with Crippen molar-refractivity contribution in [1.82, 2.24) is 4.98 Å². The fraction of sp³-hybridized carbons (Fsp3) is 0.114. The molecule has 0 aliphatic heterocycles. The van der Waals surface area contributed by atoms with Gasteiger partial charge in [0.15, 0.2) is 17.5 Å². The molecule has 0 amide bonds. The maximum absolute atomic E-state index is 15.1. The standard InChI is InChI=1S/C35H22F9NO/c1-2-3-4-5-19-6-11-32(45-18-19)20-7-9-24(26(36)12-20)21-13-28(38)33(29(39)14-21)35(43,44)46-23-8-10-25(27(37)17-23)22-15-30(40)34(42)31(41)16-22/h4-18H,2-3H2,1H3/b5-4+. The van der Waals surface area contributed by atoms with Crippen molar-refractivity contribution >= 4 is 6.08 Å². The number of hydrogen-bond donors (Lipinski definition) is 0. The molecular formula is C35H22F9NO. The highest BCUT2D eigenvalue weighted by Crippen LogP contribution is 2.39. The van der Waals surface area contributed by atoms with E-state index in [9.17, 15) is 35.1 Å². The highest BCUT2D eigenvalue weighted by Gasteiger charge is 2.41. The second kappa shape index (κ2) is 13.1. The molecule has 11 heteroatoms. The maximum atomic E-state index is 15.1. The molecule has 0 atom stereocenters. The van der Waals surface area contributed by atoms with E-state index in [0.717, 1.165) is 36.6 Å². The number of benzene rings is 4. The summed E-state index contributed by atoms with van der Waals surface area (Å²) in [6.07, 6.45) is 2.73. The monoisotopic (exact) mass is 643 g/mol. The largest absolute Gasteiger partial charge is 0.432 e. The van der Waals surface area contributed by atoms with Gasteiger partial charge in [0.05, 0.1) is 5.69 Å². The van der Waals surface area contributed by atoms with Crippen LogP contribution in [0.1, 0.15) is 30.9 Å². The van der Waals surface area contributed by atoms with Gasteiger partial charge in [-0.15, -0.1) is 0 Å². The molecule has 4 aromatic carbocycles. The molecule has 0 radical (unpaired) electrons. The van der Waals surface area contributed by atoms with E-state index >= 15 is 4.39 Å². The highest BCUT2D eigenvalue weighted by molar-refractivity contribution is 5.70. The second-order valence-corrected chi connectivity index (χ2v) is 10.2. The summed E-state index contributed by atoms with van der Waals surface area (Å²) in [7, 11) is 0.